The molecule has 0 bridgehead atoms. The number of thiocarbonyl (C=S) groups is 1. The minimum Gasteiger partial charge on any atom is -0.356 e. The molecule has 1 aliphatic heterocycles. The number of hydrogen-bond acceptors (Lipinski definition) is 2. The van der Waals surface area contributed by atoms with Crippen molar-refractivity contribution in [1.82, 2.24) is 5.32 Å². The molecule has 1 amide bonds. The lowest BCUT2D eigenvalue weighted by atomic mass is 10.0. The van der Waals surface area contributed by atoms with Gasteiger partial charge in [-0.2, -0.15) is 0 Å². The zero-order chi connectivity index (χ0) is 18.7. The lowest BCUT2D eigenvalue weighted by molar-refractivity contribution is -0.117. The van der Waals surface area contributed by atoms with Crippen LogP contribution in [0.1, 0.15) is 42.5 Å². The maximum absolute atomic E-state index is 11.9. The molecule has 0 aromatic heterocycles. The van der Waals surface area contributed by atoms with Crippen LogP contribution in [0.15, 0.2) is 42.5 Å². The Morgan fingerprint density at radius 3 is 2.69 bits per heavy atom. The summed E-state index contributed by atoms with van der Waals surface area (Å²) in [7, 11) is 0. The van der Waals surface area contributed by atoms with Gasteiger partial charge in [0, 0.05) is 24.3 Å². The summed E-state index contributed by atoms with van der Waals surface area (Å²) in [5.41, 5.74) is 5.54. The molecule has 3 rings (SSSR count). The van der Waals surface area contributed by atoms with Crippen LogP contribution in [0.4, 0.5) is 11.4 Å². The largest absolute Gasteiger partial charge is 0.356 e. The lowest BCUT2D eigenvalue weighted by Gasteiger charge is -2.20. The van der Waals surface area contributed by atoms with Gasteiger partial charge in [0.25, 0.3) is 0 Å². The van der Waals surface area contributed by atoms with Crippen molar-refractivity contribution in [2.75, 3.05) is 16.8 Å². The topological polar surface area (TPSA) is 44.4 Å². The molecule has 5 heteroatoms. The molecule has 0 saturated carbocycles. The molecule has 1 aliphatic rings. The predicted octanol–water partition coefficient (Wildman–Crippen LogP) is 4.48. The minimum absolute atomic E-state index is 0.110. The summed E-state index contributed by atoms with van der Waals surface area (Å²) in [4.78, 5) is 13.8. The van der Waals surface area contributed by atoms with Crippen LogP contribution in [0.25, 0.3) is 0 Å². The number of carbonyl (C=O) groups excluding carboxylic acids is 1. The van der Waals surface area contributed by atoms with Crippen molar-refractivity contribution in [3.05, 3.63) is 59.2 Å². The van der Waals surface area contributed by atoms with E-state index in [-0.39, 0.29) is 11.9 Å². The fourth-order valence-corrected chi connectivity index (χ4v) is 3.72. The second-order valence-electron chi connectivity index (χ2n) is 6.88. The molecule has 26 heavy (non-hydrogen) atoms. The normalized spacial score (nSPS) is 15.0. The van der Waals surface area contributed by atoms with E-state index in [2.05, 4.69) is 49.6 Å². The van der Waals surface area contributed by atoms with Gasteiger partial charge in [0.15, 0.2) is 5.11 Å². The Labute approximate surface area is 160 Å². The highest BCUT2D eigenvalue weighted by Gasteiger charge is 2.21. The monoisotopic (exact) mass is 367 g/mol. The number of amides is 1. The first-order valence-corrected chi connectivity index (χ1v) is 9.40. The van der Waals surface area contributed by atoms with Crippen molar-refractivity contribution in [3.63, 3.8) is 0 Å². The van der Waals surface area contributed by atoms with Gasteiger partial charge in [-0.3, -0.25) is 4.79 Å². The molecule has 2 aromatic carbocycles. The first-order chi connectivity index (χ1) is 12.4. The van der Waals surface area contributed by atoms with Gasteiger partial charge < -0.3 is 15.5 Å². The Balaban J connectivity index is 1.65. The third-order valence-electron chi connectivity index (χ3n) is 4.73. The van der Waals surface area contributed by atoms with Crippen molar-refractivity contribution in [2.45, 2.75) is 39.7 Å². The molecule has 1 fully saturated rings. The van der Waals surface area contributed by atoms with Gasteiger partial charge in [0.1, 0.15) is 0 Å². The molecule has 0 aliphatic carbocycles. The van der Waals surface area contributed by atoms with Crippen LogP contribution < -0.4 is 15.5 Å². The van der Waals surface area contributed by atoms with Gasteiger partial charge in [0.2, 0.25) is 5.91 Å². The van der Waals surface area contributed by atoms with E-state index in [1.807, 2.05) is 29.2 Å². The number of rotatable bonds is 4. The SMILES string of the molecule is Cc1ccc([C@H](C)NC(=S)Nc2cccc(N3CCCC3=O)c2)c(C)c1. The summed E-state index contributed by atoms with van der Waals surface area (Å²) in [5.74, 6) is 0.186. The summed E-state index contributed by atoms with van der Waals surface area (Å²) in [6.45, 7) is 7.10. The average molecular weight is 368 g/mol. The molecule has 1 saturated heterocycles. The minimum atomic E-state index is 0.110. The highest BCUT2D eigenvalue weighted by molar-refractivity contribution is 7.80. The van der Waals surface area contributed by atoms with Gasteiger partial charge >= 0.3 is 0 Å². The Bertz CT molecular complexity index is 834. The summed E-state index contributed by atoms with van der Waals surface area (Å²) < 4.78 is 0. The van der Waals surface area contributed by atoms with Crippen molar-refractivity contribution >= 4 is 34.6 Å². The van der Waals surface area contributed by atoms with E-state index in [1.165, 1.54) is 16.7 Å². The Kier molecular flexibility index (Phi) is 5.57. The van der Waals surface area contributed by atoms with Gasteiger partial charge in [-0.25, -0.2) is 0 Å². The number of nitrogens with zero attached hydrogens (tertiary/aromatic N) is 1. The molecule has 4 nitrogen and oxygen atoms in total. The highest BCUT2D eigenvalue weighted by atomic mass is 32.1. The Morgan fingerprint density at radius 2 is 2.00 bits per heavy atom. The second kappa shape index (κ2) is 7.87. The molecule has 0 radical (unpaired) electrons. The smallest absolute Gasteiger partial charge is 0.227 e. The maximum atomic E-state index is 11.9. The number of carbonyl (C=O) groups is 1. The zero-order valence-electron chi connectivity index (χ0n) is 15.5. The molecule has 0 unspecified atom stereocenters. The number of benzene rings is 2. The lowest BCUT2D eigenvalue weighted by Crippen LogP contribution is -2.31. The standard InChI is InChI=1S/C21H25N3OS/c1-14-9-10-19(15(2)12-14)16(3)22-21(26)23-17-6-4-7-18(13-17)24-11-5-8-20(24)25/h4,6-7,9-10,12-13,16H,5,8,11H2,1-3H3,(H2,22,23,26)/t16-/m0/s1. The van der Waals surface area contributed by atoms with E-state index in [0.29, 0.717) is 11.5 Å². The van der Waals surface area contributed by atoms with Crippen LogP contribution in [0.5, 0.6) is 0 Å². The van der Waals surface area contributed by atoms with E-state index in [1.54, 1.807) is 0 Å². The summed E-state index contributed by atoms with van der Waals surface area (Å²) >= 11 is 5.48. The summed E-state index contributed by atoms with van der Waals surface area (Å²) in [5, 5.41) is 7.15. The molecule has 1 heterocycles. The molecule has 1 atom stereocenters. The average Bonchev–Trinajstić information content (AvgIpc) is 3.00. The third kappa shape index (κ3) is 4.22. The number of aryl methyl sites for hydroxylation is 2. The predicted molar refractivity (Wildman–Crippen MR) is 112 cm³/mol. The number of nitrogens with one attached hydrogen (secondary N) is 2. The van der Waals surface area contributed by atoms with Gasteiger partial charge in [-0.15, -0.1) is 0 Å². The fourth-order valence-electron chi connectivity index (χ4n) is 3.43. The molecule has 2 N–H and O–H groups in total. The molecular weight excluding hydrogens is 342 g/mol. The third-order valence-corrected chi connectivity index (χ3v) is 4.95. The van der Waals surface area contributed by atoms with Crippen molar-refractivity contribution in [2.24, 2.45) is 0 Å². The van der Waals surface area contributed by atoms with Crippen LogP contribution in [-0.2, 0) is 4.79 Å². The molecular formula is C21H25N3OS. The van der Waals surface area contributed by atoms with E-state index in [4.69, 9.17) is 12.2 Å². The number of hydrogen-bond donors (Lipinski definition) is 2. The maximum Gasteiger partial charge on any atom is 0.227 e. The first-order valence-electron chi connectivity index (χ1n) is 8.99. The molecule has 136 valence electrons. The van der Waals surface area contributed by atoms with E-state index in [0.717, 1.165) is 24.3 Å². The molecule has 2 aromatic rings. The van der Waals surface area contributed by atoms with E-state index in [9.17, 15) is 4.79 Å². The van der Waals surface area contributed by atoms with Crippen LogP contribution >= 0.6 is 12.2 Å². The van der Waals surface area contributed by atoms with Crippen LogP contribution in [0.2, 0.25) is 0 Å². The zero-order valence-corrected chi connectivity index (χ0v) is 16.3. The number of anilines is 2. The van der Waals surface area contributed by atoms with Crippen molar-refractivity contribution < 1.29 is 4.79 Å². The second-order valence-corrected chi connectivity index (χ2v) is 7.29. The Hall–Kier alpha value is -2.40. The fraction of sp³-hybridized carbons (Fsp3) is 0.333. The first kappa shape index (κ1) is 18.4. The van der Waals surface area contributed by atoms with Crippen LogP contribution in [0, 0.1) is 13.8 Å². The van der Waals surface area contributed by atoms with Gasteiger partial charge in [-0.05, 0) is 68.7 Å². The van der Waals surface area contributed by atoms with Crippen LogP contribution in [0.3, 0.4) is 0 Å². The Morgan fingerprint density at radius 1 is 1.19 bits per heavy atom. The quantitative estimate of drug-likeness (QED) is 0.782. The molecule has 0 spiro atoms. The summed E-state index contributed by atoms with van der Waals surface area (Å²) in [6, 6.07) is 14.4. The van der Waals surface area contributed by atoms with Gasteiger partial charge in [0.05, 0.1) is 6.04 Å². The van der Waals surface area contributed by atoms with Crippen LogP contribution in [-0.4, -0.2) is 17.6 Å². The summed E-state index contributed by atoms with van der Waals surface area (Å²) in [6.07, 6.45) is 1.55. The highest BCUT2D eigenvalue weighted by Crippen LogP contribution is 2.24. The van der Waals surface area contributed by atoms with Gasteiger partial charge in [-0.1, -0.05) is 29.8 Å². The van der Waals surface area contributed by atoms with Crippen molar-refractivity contribution in [3.8, 4) is 0 Å². The van der Waals surface area contributed by atoms with E-state index < -0.39 is 0 Å². The van der Waals surface area contributed by atoms with E-state index >= 15 is 0 Å². The van der Waals surface area contributed by atoms with Crippen molar-refractivity contribution in [1.29, 1.82) is 0 Å².